The maximum atomic E-state index is 10.2. The molecule has 0 N–H and O–H groups in total. The molecule has 0 aliphatic rings. The monoisotopic (exact) mass is 228 g/mol. The largest absolute Gasteiger partial charge is 0.300 e. The van der Waals surface area contributed by atoms with Crippen molar-refractivity contribution in [1.29, 1.82) is 0 Å². The van der Waals surface area contributed by atoms with Crippen LogP contribution in [-0.2, 0) is 4.79 Å². The number of carbonyl (C=O) groups is 1. The van der Waals surface area contributed by atoms with Gasteiger partial charge in [-0.15, -0.1) is 0 Å². The van der Waals surface area contributed by atoms with Gasteiger partial charge in [0.05, 0.1) is 0 Å². The normalized spacial score (nSPS) is 9.59. The van der Waals surface area contributed by atoms with E-state index in [-0.39, 0.29) is 0 Å². The minimum Gasteiger partial charge on any atom is -0.300 e. The molecule has 0 saturated heterocycles. The molecule has 0 spiro atoms. The molecule has 90 valence electrons. The van der Waals surface area contributed by atoms with Crippen LogP contribution >= 0.6 is 0 Å². The number of ketones is 1. The van der Waals surface area contributed by atoms with Crippen molar-refractivity contribution in [3.8, 4) is 0 Å². The first-order chi connectivity index (χ1) is 8.19. The van der Waals surface area contributed by atoms with Gasteiger partial charge in [-0.1, -0.05) is 56.3 Å². The predicted octanol–water partition coefficient (Wildman–Crippen LogP) is 4.52. The summed E-state index contributed by atoms with van der Waals surface area (Å²) >= 11 is 0. The maximum absolute atomic E-state index is 10.2. The number of hydrogen-bond acceptors (Lipinski definition) is 1. The fraction of sp³-hybridized carbons (Fsp3) is 0.312. The van der Waals surface area contributed by atoms with Crippen LogP contribution in [0.5, 0.6) is 0 Å². The minimum absolute atomic E-state index is 0.343. The number of benzene rings is 2. The molecule has 2 aromatic carbocycles. The number of Topliss-reactive ketones (excluding diaryl/α,β-unsaturated/α-hetero) is 1. The molecule has 0 amide bonds. The van der Waals surface area contributed by atoms with Crippen molar-refractivity contribution in [2.45, 2.75) is 33.6 Å². The van der Waals surface area contributed by atoms with Crippen LogP contribution in [0.25, 0.3) is 10.8 Å². The van der Waals surface area contributed by atoms with E-state index in [0.717, 1.165) is 0 Å². The fourth-order valence-electron chi connectivity index (χ4n) is 1.64. The van der Waals surface area contributed by atoms with E-state index in [1.54, 1.807) is 0 Å². The van der Waals surface area contributed by atoms with E-state index in [0.29, 0.717) is 18.6 Å². The smallest absolute Gasteiger partial charge is 0.132 e. The number of carbonyl (C=O) groups excluding carboxylic acids is 1. The number of aryl methyl sites for hydroxylation is 1. The predicted molar refractivity (Wildman–Crippen MR) is 74.3 cm³/mol. The zero-order chi connectivity index (χ0) is 12.7. The molecule has 0 saturated carbocycles. The quantitative estimate of drug-likeness (QED) is 0.738. The van der Waals surface area contributed by atoms with Crippen molar-refractivity contribution >= 4 is 16.6 Å². The SMILES string of the molecule is CCC(=O)CC.Cc1cccc2ccccc12. The van der Waals surface area contributed by atoms with Gasteiger partial charge >= 0.3 is 0 Å². The van der Waals surface area contributed by atoms with Gasteiger partial charge in [-0.3, -0.25) is 4.79 Å². The summed E-state index contributed by atoms with van der Waals surface area (Å²) in [5, 5.41) is 2.68. The average Bonchev–Trinajstić information content (AvgIpc) is 2.39. The van der Waals surface area contributed by atoms with Crippen molar-refractivity contribution in [1.82, 2.24) is 0 Å². The van der Waals surface area contributed by atoms with Crippen LogP contribution in [-0.4, -0.2) is 5.78 Å². The third kappa shape index (κ3) is 4.03. The standard InChI is InChI=1S/C11H10.C5H10O/c1-9-5-4-7-10-6-2-3-8-11(9)10;1-3-5(6)4-2/h2-8H,1H3;3-4H2,1-2H3. The lowest BCUT2D eigenvalue weighted by Gasteiger charge is -1.98. The molecule has 0 fully saturated rings. The zero-order valence-corrected chi connectivity index (χ0v) is 10.9. The summed E-state index contributed by atoms with van der Waals surface area (Å²) < 4.78 is 0. The molecule has 0 atom stereocenters. The van der Waals surface area contributed by atoms with E-state index < -0.39 is 0 Å². The van der Waals surface area contributed by atoms with E-state index in [1.807, 2.05) is 13.8 Å². The van der Waals surface area contributed by atoms with Crippen LogP contribution in [0, 0.1) is 6.92 Å². The first-order valence-electron chi connectivity index (χ1n) is 6.15. The molecule has 0 aliphatic carbocycles. The zero-order valence-electron chi connectivity index (χ0n) is 10.9. The summed E-state index contributed by atoms with van der Waals surface area (Å²) in [6.07, 6.45) is 1.38. The Morgan fingerprint density at radius 1 is 0.941 bits per heavy atom. The van der Waals surface area contributed by atoms with Crippen LogP contribution in [0.3, 0.4) is 0 Å². The second-order valence-electron chi connectivity index (χ2n) is 4.04. The summed E-state index contributed by atoms with van der Waals surface area (Å²) in [4.78, 5) is 10.2. The van der Waals surface area contributed by atoms with Gasteiger partial charge < -0.3 is 0 Å². The summed E-state index contributed by atoms with van der Waals surface area (Å²) in [5.74, 6) is 0.343. The number of rotatable bonds is 2. The van der Waals surface area contributed by atoms with Crippen molar-refractivity contribution < 1.29 is 4.79 Å². The minimum atomic E-state index is 0.343. The van der Waals surface area contributed by atoms with Gasteiger partial charge in [0, 0.05) is 12.8 Å². The molecule has 17 heavy (non-hydrogen) atoms. The Morgan fingerprint density at radius 3 is 2.06 bits per heavy atom. The third-order valence-electron chi connectivity index (χ3n) is 2.80. The Balaban J connectivity index is 0.000000209. The molecular weight excluding hydrogens is 208 g/mol. The highest BCUT2D eigenvalue weighted by Crippen LogP contribution is 2.16. The van der Waals surface area contributed by atoms with Crippen molar-refractivity contribution in [2.75, 3.05) is 0 Å². The molecule has 0 aliphatic heterocycles. The third-order valence-corrected chi connectivity index (χ3v) is 2.80. The van der Waals surface area contributed by atoms with E-state index in [1.165, 1.54) is 16.3 Å². The van der Waals surface area contributed by atoms with Gasteiger partial charge in [-0.2, -0.15) is 0 Å². The Morgan fingerprint density at radius 2 is 1.53 bits per heavy atom. The summed E-state index contributed by atoms with van der Waals surface area (Å²) in [6.45, 7) is 5.90. The average molecular weight is 228 g/mol. The summed E-state index contributed by atoms with van der Waals surface area (Å²) in [5.41, 5.74) is 1.35. The second kappa shape index (κ2) is 6.85. The topological polar surface area (TPSA) is 17.1 Å². The maximum Gasteiger partial charge on any atom is 0.132 e. The highest BCUT2D eigenvalue weighted by atomic mass is 16.1. The molecule has 0 bridgehead atoms. The first kappa shape index (κ1) is 13.4. The lowest BCUT2D eigenvalue weighted by molar-refractivity contribution is -0.118. The van der Waals surface area contributed by atoms with Crippen molar-refractivity contribution in [2.24, 2.45) is 0 Å². The molecule has 0 aromatic heterocycles. The molecule has 0 heterocycles. The molecule has 2 rings (SSSR count). The Kier molecular flexibility index (Phi) is 5.41. The molecule has 2 aromatic rings. The first-order valence-corrected chi connectivity index (χ1v) is 6.15. The number of fused-ring (bicyclic) bond motifs is 1. The van der Waals surface area contributed by atoms with E-state index >= 15 is 0 Å². The van der Waals surface area contributed by atoms with Crippen molar-refractivity contribution in [3.63, 3.8) is 0 Å². The van der Waals surface area contributed by atoms with Crippen LogP contribution < -0.4 is 0 Å². The second-order valence-corrected chi connectivity index (χ2v) is 4.04. The van der Waals surface area contributed by atoms with E-state index in [2.05, 4.69) is 49.4 Å². The lowest BCUT2D eigenvalue weighted by Crippen LogP contribution is -1.88. The van der Waals surface area contributed by atoms with Crippen molar-refractivity contribution in [3.05, 3.63) is 48.0 Å². The van der Waals surface area contributed by atoms with Crippen LogP contribution in [0.1, 0.15) is 32.3 Å². The van der Waals surface area contributed by atoms with Gasteiger partial charge in [0.1, 0.15) is 5.78 Å². The molecular formula is C16H20O. The van der Waals surface area contributed by atoms with Gasteiger partial charge in [0.25, 0.3) is 0 Å². The molecule has 0 radical (unpaired) electrons. The van der Waals surface area contributed by atoms with Gasteiger partial charge in [-0.05, 0) is 23.3 Å². The van der Waals surface area contributed by atoms with Gasteiger partial charge in [0.15, 0.2) is 0 Å². The molecule has 1 heteroatoms. The highest BCUT2D eigenvalue weighted by molar-refractivity contribution is 5.85. The highest BCUT2D eigenvalue weighted by Gasteiger charge is 1.92. The number of hydrogen-bond donors (Lipinski definition) is 0. The van der Waals surface area contributed by atoms with Crippen LogP contribution in [0.2, 0.25) is 0 Å². The van der Waals surface area contributed by atoms with Gasteiger partial charge in [-0.25, -0.2) is 0 Å². The Labute approximate surface area is 103 Å². The van der Waals surface area contributed by atoms with E-state index in [4.69, 9.17) is 0 Å². The van der Waals surface area contributed by atoms with Gasteiger partial charge in [0.2, 0.25) is 0 Å². The molecule has 1 nitrogen and oxygen atoms in total. The van der Waals surface area contributed by atoms with Crippen LogP contribution in [0.15, 0.2) is 42.5 Å². The Hall–Kier alpha value is -1.63. The van der Waals surface area contributed by atoms with E-state index in [9.17, 15) is 4.79 Å². The molecule has 0 unspecified atom stereocenters. The summed E-state index contributed by atoms with van der Waals surface area (Å²) in [6, 6.07) is 14.8. The lowest BCUT2D eigenvalue weighted by atomic mass is 10.1. The Bertz CT molecular complexity index is 474. The van der Waals surface area contributed by atoms with Crippen LogP contribution in [0.4, 0.5) is 0 Å². The fourth-order valence-corrected chi connectivity index (χ4v) is 1.64. The summed E-state index contributed by atoms with van der Waals surface area (Å²) in [7, 11) is 0.